The van der Waals surface area contributed by atoms with Gasteiger partial charge in [-0.3, -0.25) is 4.98 Å². The zero-order chi connectivity index (χ0) is 35.6. The van der Waals surface area contributed by atoms with E-state index < -0.39 is 11.7 Å². The van der Waals surface area contributed by atoms with Crippen LogP contribution in [0.1, 0.15) is 39.2 Å². The number of hydrogen-bond acceptors (Lipinski definition) is 6. The van der Waals surface area contributed by atoms with Gasteiger partial charge in [0, 0.05) is 57.7 Å². The second-order valence-electron chi connectivity index (χ2n) is 13.1. The molecule has 11 heteroatoms. The molecule has 0 radical (unpaired) electrons. The molecule has 0 fully saturated rings. The van der Waals surface area contributed by atoms with Gasteiger partial charge in [-0.15, -0.1) is 0 Å². The highest BCUT2D eigenvalue weighted by Crippen LogP contribution is 2.44. The minimum Gasteiger partial charge on any atom is -0.390 e. The smallest absolute Gasteiger partial charge is 0.390 e. The van der Waals surface area contributed by atoms with Gasteiger partial charge in [-0.1, -0.05) is 48.5 Å². The summed E-state index contributed by atoms with van der Waals surface area (Å²) in [6, 6.07) is 24.6. The van der Waals surface area contributed by atoms with Crippen molar-refractivity contribution in [1.29, 1.82) is 0 Å². The number of anilines is 2. The van der Waals surface area contributed by atoms with Crippen molar-refractivity contribution < 1.29 is 18.3 Å². The van der Waals surface area contributed by atoms with E-state index in [1.54, 1.807) is 18.5 Å². The van der Waals surface area contributed by atoms with Crippen LogP contribution in [0, 0.1) is 6.92 Å². The van der Waals surface area contributed by atoms with Crippen molar-refractivity contribution in [3.63, 3.8) is 0 Å². The van der Waals surface area contributed by atoms with E-state index in [1.165, 1.54) is 35.0 Å². The standard InChI is InChI=1S/C41H30F3N7O/c1-23-35(26-6-9-34-37-18-45-21-47-40(37)50-38(34)14-26)16-29(17-46-23)49-39-27(7-8-33-32-5-3-2-4-25(32)13-36(33)39)10-24-11-28(41(42,43)44)15-31(12-24)51-19-30(20-52)48-22-51/h2-9,11-12,14-19,21-22,49,52H,10,13,20H2,1H3,(H,45,47,50). The summed E-state index contributed by atoms with van der Waals surface area (Å²) < 4.78 is 44.2. The second-order valence-corrected chi connectivity index (χ2v) is 13.1. The zero-order valence-corrected chi connectivity index (χ0v) is 27.8. The lowest BCUT2D eigenvalue weighted by atomic mass is 9.95. The summed E-state index contributed by atoms with van der Waals surface area (Å²) in [7, 11) is 0. The molecular formula is C41H30F3N7O. The average molecular weight is 694 g/mol. The number of H-pyrrole nitrogens is 1. The van der Waals surface area contributed by atoms with Gasteiger partial charge in [0.1, 0.15) is 12.0 Å². The summed E-state index contributed by atoms with van der Waals surface area (Å²) in [5.41, 5.74) is 11.9. The van der Waals surface area contributed by atoms with Crippen molar-refractivity contribution in [2.75, 3.05) is 5.32 Å². The molecule has 8 nitrogen and oxygen atoms in total. The van der Waals surface area contributed by atoms with Crippen molar-refractivity contribution in [2.45, 2.75) is 32.5 Å². The Morgan fingerprint density at radius 2 is 1.77 bits per heavy atom. The average Bonchev–Trinajstić information content (AvgIpc) is 3.88. The number of alkyl halides is 3. The van der Waals surface area contributed by atoms with E-state index in [9.17, 15) is 18.3 Å². The number of halogens is 3. The van der Waals surface area contributed by atoms with Crippen LogP contribution < -0.4 is 5.32 Å². The number of hydrogen-bond donors (Lipinski definition) is 3. The minimum atomic E-state index is -4.56. The number of fused-ring (bicyclic) bond motifs is 6. The van der Waals surface area contributed by atoms with Crippen molar-refractivity contribution in [3.05, 3.63) is 149 Å². The van der Waals surface area contributed by atoms with Gasteiger partial charge in [-0.2, -0.15) is 13.2 Å². The van der Waals surface area contributed by atoms with Gasteiger partial charge >= 0.3 is 6.18 Å². The summed E-state index contributed by atoms with van der Waals surface area (Å²) in [5.74, 6) is 0. The Labute approximate surface area is 295 Å². The van der Waals surface area contributed by atoms with E-state index in [1.807, 2.05) is 25.1 Å². The normalized spacial score (nSPS) is 12.4. The molecule has 4 heterocycles. The minimum absolute atomic E-state index is 0.233. The van der Waals surface area contributed by atoms with Crippen LogP contribution >= 0.6 is 0 Å². The highest BCUT2D eigenvalue weighted by atomic mass is 19.4. The van der Waals surface area contributed by atoms with E-state index in [4.69, 9.17) is 4.98 Å². The van der Waals surface area contributed by atoms with Crippen molar-refractivity contribution in [2.24, 2.45) is 0 Å². The number of rotatable bonds is 7. The SMILES string of the molecule is Cc1ncc(Nc2c(Cc3cc(-n4cnc(CO)c4)cc(C(F)(F)F)c3)ccc3c2Cc2ccccc2-3)cc1-c1ccc2c(c1)[nH]c1ncncc12. The Hall–Kier alpha value is -6.33. The molecule has 0 aliphatic heterocycles. The lowest BCUT2D eigenvalue weighted by molar-refractivity contribution is -0.137. The monoisotopic (exact) mass is 693 g/mol. The summed E-state index contributed by atoms with van der Waals surface area (Å²) >= 11 is 0. The highest BCUT2D eigenvalue weighted by Gasteiger charge is 2.32. The molecule has 0 bridgehead atoms. The first-order valence-corrected chi connectivity index (χ1v) is 16.8. The largest absolute Gasteiger partial charge is 0.416 e. The summed E-state index contributed by atoms with van der Waals surface area (Å²) in [6.07, 6.45) is 4.42. The Morgan fingerprint density at radius 1 is 0.885 bits per heavy atom. The van der Waals surface area contributed by atoms with Crippen LogP contribution in [-0.2, 0) is 25.6 Å². The number of aromatic amines is 1. The molecule has 0 amide bonds. The molecule has 0 atom stereocenters. The van der Waals surface area contributed by atoms with E-state index in [0.717, 1.165) is 78.5 Å². The van der Waals surface area contributed by atoms with Crippen LogP contribution in [0.3, 0.4) is 0 Å². The first-order chi connectivity index (χ1) is 25.2. The Bertz CT molecular complexity index is 2680. The first kappa shape index (κ1) is 31.6. The van der Waals surface area contributed by atoms with E-state index in [0.29, 0.717) is 23.4 Å². The van der Waals surface area contributed by atoms with Gasteiger partial charge in [0.25, 0.3) is 0 Å². The quantitative estimate of drug-likeness (QED) is 0.154. The van der Waals surface area contributed by atoms with E-state index in [-0.39, 0.29) is 13.0 Å². The number of aliphatic hydroxyl groups excluding tert-OH is 1. The molecule has 0 spiro atoms. The van der Waals surface area contributed by atoms with E-state index in [2.05, 4.69) is 67.7 Å². The molecule has 4 aromatic carbocycles. The molecule has 0 saturated heterocycles. The molecule has 1 aliphatic rings. The number of nitrogens with zero attached hydrogens (tertiary/aromatic N) is 5. The summed E-state index contributed by atoms with van der Waals surface area (Å²) in [4.78, 5) is 20.8. The highest BCUT2D eigenvalue weighted by molar-refractivity contribution is 6.06. The second kappa shape index (κ2) is 12.2. The predicted octanol–water partition coefficient (Wildman–Crippen LogP) is 9.08. The maximum Gasteiger partial charge on any atom is 0.416 e. The molecule has 256 valence electrons. The van der Waals surface area contributed by atoms with Gasteiger partial charge in [0.05, 0.1) is 36.1 Å². The lowest BCUT2D eigenvalue weighted by Crippen LogP contribution is -2.08. The third kappa shape index (κ3) is 5.55. The van der Waals surface area contributed by atoms with Crippen LogP contribution in [0.15, 0.2) is 110 Å². The number of benzene rings is 4. The molecule has 4 aromatic heterocycles. The Kier molecular flexibility index (Phi) is 7.40. The number of aliphatic hydroxyl groups is 1. The maximum absolute atomic E-state index is 14.2. The maximum atomic E-state index is 14.2. The molecule has 1 aliphatic carbocycles. The van der Waals surface area contributed by atoms with Crippen LogP contribution in [0.5, 0.6) is 0 Å². The molecule has 0 unspecified atom stereocenters. The van der Waals surface area contributed by atoms with Crippen LogP contribution in [-0.4, -0.2) is 34.6 Å². The third-order valence-corrected chi connectivity index (χ3v) is 9.81. The number of imidazole rings is 1. The van der Waals surface area contributed by atoms with Gasteiger partial charge in [-0.05, 0) is 82.6 Å². The molecule has 3 N–H and O–H groups in total. The topological polar surface area (TPSA) is 105 Å². The van der Waals surface area contributed by atoms with Crippen molar-refractivity contribution in [3.8, 4) is 27.9 Å². The van der Waals surface area contributed by atoms with Gasteiger partial charge in [-0.25, -0.2) is 15.0 Å². The number of aryl methyl sites for hydroxylation is 1. The molecule has 0 saturated carbocycles. The predicted molar refractivity (Wildman–Crippen MR) is 195 cm³/mol. The van der Waals surface area contributed by atoms with Crippen LogP contribution in [0.25, 0.3) is 49.9 Å². The molecule has 52 heavy (non-hydrogen) atoms. The number of pyridine rings is 1. The van der Waals surface area contributed by atoms with E-state index >= 15 is 0 Å². The summed E-state index contributed by atoms with van der Waals surface area (Å²) in [6.45, 7) is 1.66. The van der Waals surface area contributed by atoms with Gasteiger partial charge in [0.15, 0.2) is 0 Å². The number of aromatic nitrogens is 6. The van der Waals surface area contributed by atoms with Crippen molar-refractivity contribution >= 4 is 33.3 Å². The van der Waals surface area contributed by atoms with Crippen LogP contribution in [0.2, 0.25) is 0 Å². The fraction of sp³-hybridized carbons (Fsp3) is 0.122. The Balaban J connectivity index is 1.13. The van der Waals surface area contributed by atoms with Gasteiger partial charge < -0.3 is 20.0 Å². The fourth-order valence-corrected chi connectivity index (χ4v) is 7.30. The molecule has 8 aromatic rings. The lowest BCUT2D eigenvalue weighted by Gasteiger charge is -2.19. The first-order valence-electron chi connectivity index (χ1n) is 16.8. The fourth-order valence-electron chi connectivity index (χ4n) is 7.30. The third-order valence-electron chi connectivity index (χ3n) is 9.81. The van der Waals surface area contributed by atoms with Crippen molar-refractivity contribution in [1.82, 2.24) is 29.5 Å². The van der Waals surface area contributed by atoms with Crippen LogP contribution in [0.4, 0.5) is 24.5 Å². The summed E-state index contributed by atoms with van der Waals surface area (Å²) in [5, 5.41) is 15.2. The Morgan fingerprint density at radius 3 is 2.62 bits per heavy atom. The van der Waals surface area contributed by atoms with Gasteiger partial charge in [0.2, 0.25) is 0 Å². The molecular weight excluding hydrogens is 663 g/mol. The molecule has 9 rings (SSSR count). The zero-order valence-electron chi connectivity index (χ0n) is 27.8. The number of nitrogens with one attached hydrogen (secondary N) is 2.